The molecule has 6 nitrogen and oxygen atoms in total. The molecule has 0 aliphatic rings. The highest BCUT2D eigenvalue weighted by atomic mass is 32.1. The molecule has 0 amide bonds. The monoisotopic (exact) mass is 477 g/mol. The van der Waals surface area contributed by atoms with Gasteiger partial charge in [-0.1, -0.05) is 24.3 Å². The van der Waals surface area contributed by atoms with Gasteiger partial charge in [-0.05, 0) is 59.2 Å². The first-order chi connectivity index (χ1) is 16.5. The molecule has 7 heteroatoms. The van der Waals surface area contributed by atoms with Crippen molar-refractivity contribution >= 4 is 27.4 Å². The van der Waals surface area contributed by atoms with Gasteiger partial charge in [-0.2, -0.15) is 0 Å². The molecule has 0 radical (unpaired) electrons. The molecule has 4 aromatic rings. The van der Waals surface area contributed by atoms with Crippen molar-refractivity contribution in [2.24, 2.45) is 0 Å². The second-order valence-corrected chi connectivity index (χ2v) is 8.85. The molecule has 2 heterocycles. The normalized spacial score (nSPS) is 11.0. The average Bonchev–Trinajstić information content (AvgIpc) is 3.26. The van der Waals surface area contributed by atoms with Gasteiger partial charge in [-0.3, -0.25) is 4.79 Å². The van der Waals surface area contributed by atoms with E-state index in [2.05, 4.69) is 41.6 Å². The molecular weight excluding hydrogens is 450 g/mol. The molecule has 0 unspecified atom stereocenters. The number of thiophene rings is 1. The van der Waals surface area contributed by atoms with E-state index >= 15 is 0 Å². The lowest BCUT2D eigenvalue weighted by atomic mass is 9.98. The third-order valence-electron chi connectivity index (χ3n) is 5.57. The molecular formula is C27H27NO5S. The fraction of sp³-hybridized carbons (Fsp3) is 0.259. The zero-order valence-corrected chi connectivity index (χ0v) is 20.1. The molecule has 2 aromatic heterocycles. The Morgan fingerprint density at radius 2 is 1.88 bits per heavy atom. The lowest BCUT2D eigenvalue weighted by Crippen LogP contribution is -2.05. The number of ether oxygens (including phenoxy) is 3. The van der Waals surface area contributed by atoms with Crippen LogP contribution in [0.3, 0.4) is 0 Å². The number of aromatic nitrogens is 1. The Morgan fingerprint density at radius 1 is 1.03 bits per heavy atom. The molecule has 176 valence electrons. The van der Waals surface area contributed by atoms with E-state index in [0.717, 1.165) is 28.0 Å². The van der Waals surface area contributed by atoms with E-state index in [-0.39, 0.29) is 6.42 Å². The van der Waals surface area contributed by atoms with Gasteiger partial charge in [-0.25, -0.2) is 4.98 Å². The summed E-state index contributed by atoms with van der Waals surface area (Å²) in [5, 5.41) is 12.2. The lowest BCUT2D eigenvalue weighted by molar-refractivity contribution is -0.136. The van der Waals surface area contributed by atoms with Gasteiger partial charge in [0, 0.05) is 41.4 Å². The molecule has 0 atom stereocenters. The van der Waals surface area contributed by atoms with Gasteiger partial charge in [-0.15, -0.1) is 11.3 Å². The van der Waals surface area contributed by atoms with Crippen LogP contribution in [0.4, 0.5) is 0 Å². The van der Waals surface area contributed by atoms with Crippen molar-refractivity contribution in [3.8, 4) is 22.8 Å². The number of carbonyl (C=O) groups is 1. The van der Waals surface area contributed by atoms with Crippen molar-refractivity contribution in [3.05, 3.63) is 76.8 Å². The Hall–Kier alpha value is -3.42. The number of aryl methyl sites for hydroxylation is 1. The molecule has 1 N–H and O–H groups in total. The zero-order chi connectivity index (χ0) is 23.9. The molecule has 2 aromatic carbocycles. The van der Waals surface area contributed by atoms with Crippen LogP contribution in [0, 0.1) is 6.92 Å². The van der Waals surface area contributed by atoms with Gasteiger partial charge in [0.25, 0.3) is 0 Å². The topological polar surface area (TPSA) is 77.9 Å². The van der Waals surface area contributed by atoms with Crippen molar-refractivity contribution in [1.29, 1.82) is 0 Å². The fourth-order valence-corrected chi connectivity index (χ4v) is 4.67. The minimum atomic E-state index is -0.816. The number of aliphatic carboxylic acids is 1. The van der Waals surface area contributed by atoms with Crippen LogP contribution in [0.15, 0.2) is 60.1 Å². The van der Waals surface area contributed by atoms with Crippen LogP contribution in [0.2, 0.25) is 0 Å². The van der Waals surface area contributed by atoms with Crippen LogP contribution in [-0.2, 0) is 22.6 Å². The second-order valence-electron chi connectivity index (χ2n) is 7.94. The molecule has 34 heavy (non-hydrogen) atoms. The maximum Gasteiger partial charge on any atom is 0.303 e. The van der Waals surface area contributed by atoms with E-state index in [1.807, 2.05) is 18.2 Å². The highest BCUT2D eigenvalue weighted by Crippen LogP contribution is 2.38. The molecule has 0 fully saturated rings. The zero-order valence-electron chi connectivity index (χ0n) is 19.2. The van der Waals surface area contributed by atoms with E-state index in [1.54, 1.807) is 30.7 Å². The summed E-state index contributed by atoms with van der Waals surface area (Å²) >= 11 is 1.72. The van der Waals surface area contributed by atoms with Crippen molar-refractivity contribution in [2.45, 2.75) is 26.4 Å². The van der Waals surface area contributed by atoms with E-state index in [4.69, 9.17) is 19.3 Å². The molecule has 0 bridgehead atoms. The fourth-order valence-electron chi connectivity index (χ4n) is 3.72. The van der Waals surface area contributed by atoms with Crippen molar-refractivity contribution in [2.75, 3.05) is 20.3 Å². The Morgan fingerprint density at radius 3 is 2.65 bits per heavy atom. The second kappa shape index (κ2) is 11.1. The number of hydrogen-bond acceptors (Lipinski definition) is 6. The first kappa shape index (κ1) is 23.7. The number of carboxylic acid groups (broad SMARTS) is 1. The lowest BCUT2D eigenvalue weighted by Gasteiger charge is -2.13. The summed E-state index contributed by atoms with van der Waals surface area (Å²) < 4.78 is 18.1. The predicted octanol–water partition coefficient (Wildman–Crippen LogP) is 5.89. The number of carboxylic acids is 1. The van der Waals surface area contributed by atoms with Crippen molar-refractivity contribution in [1.82, 2.24) is 4.98 Å². The van der Waals surface area contributed by atoms with Crippen LogP contribution in [0.25, 0.3) is 21.2 Å². The summed E-state index contributed by atoms with van der Waals surface area (Å²) in [6.07, 6.45) is 2.22. The Kier molecular flexibility index (Phi) is 7.77. The number of pyridine rings is 1. The van der Waals surface area contributed by atoms with Gasteiger partial charge in [0.15, 0.2) is 0 Å². The first-order valence-corrected chi connectivity index (χ1v) is 11.9. The Bertz CT molecular complexity index is 1270. The highest BCUT2D eigenvalue weighted by Gasteiger charge is 2.13. The predicted molar refractivity (Wildman–Crippen MR) is 134 cm³/mol. The Labute approximate surface area is 202 Å². The van der Waals surface area contributed by atoms with E-state index in [0.29, 0.717) is 32.1 Å². The maximum absolute atomic E-state index is 10.7. The van der Waals surface area contributed by atoms with E-state index in [9.17, 15) is 4.79 Å². The summed E-state index contributed by atoms with van der Waals surface area (Å²) in [5.41, 5.74) is 5.36. The summed E-state index contributed by atoms with van der Waals surface area (Å²) in [5.74, 6) is 0.566. The SMILES string of the molecule is COCCOc1cccc(-c2csc3ccc(COc4ccc(CCC(=O)O)cn4)cc23)c1C. The number of rotatable bonds is 11. The number of fused-ring (bicyclic) bond motifs is 1. The number of benzene rings is 2. The van der Waals surface area contributed by atoms with Crippen LogP contribution >= 0.6 is 11.3 Å². The summed E-state index contributed by atoms with van der Waals surface area (Å²) in [7, 11) is 1.67. The van der Waals surface area contributed by atoms with Gasteiger partial charge >= 0.3 is 5.97 Å². The summed E-state index contributed by atoms with van der Waals surface area (Å²) in [4.78, 5) is 15.0. The quantitative estimate of drug-likeness (QED) is 0.271. The van der Waals surface area contributed by atoms with Crippen LogP contribution < -0.4 is 9.47 Å². The van der Waals surface area contributed by atoms with E-state index in [1.165, 1.54) is 15.6 Å². The third kappa shape index (κ3) is 5.73. The molecule has 0 saturated heterocycles. The average molecular weight is 478 g/mol. The molecule has 4 rings (SSSR count). The van der Waals surface area contributed by atoms with Crippen molar-refractivity contribution in [3.63, 3.8) is 0 Å². The summed E-state index contributed by atoms with van der Waals surface area (Å²) in [6, 6.07) is 16.1. The molecule has 0 aliphatic heterocycles. The maximum atomic E-state index is 10.7. The van der Waals surface area contributed by atoms with Crippen LogP contribution in [-0.4, -0.2) is 36.4 Å². The van der Waals surface area contributed by atoms with Crippen LogP contribution in [0.5, 0.6) is 11.6 Å². The van der Waals surface area contributed by atoms with Gasteiger partial charge in [0.05, 0.1) is 6.61 Å². The minimum absolute atomic E-state index is 0.0898. The number of hydrogen-bond donors (Lipinski definition) is 1. The molecule has 0 spiro atoms. The van der Waals surface area contributed by atoms with Crippen LogP contribution in [0.1, 0.15) is 23.1 Å². The number of methoxy groups -OCH3 is 1. The Balaban J connectivity index is 1.50. The smallest absolute Gasteiger partial charge is 0.303 e. The third-order valence-corrected chi connectivity index (χ3v) is 6.53. The minimum Gasteiger partial charge on any atom is -0.491 e. The molecule has 0 aliphatic carbocycles. The molecule has 0 saturated carbocycles. The number of nitrogens with zero attached hydrogens (tertiary/aromatic N) is 1. The highest BCUT2D eigenvalue weighted by molar-refractivity contribution is 7.17. The standard InChI is InChI=1S/C27H27NO5S/c1-18-21(4-3-5-24(18)32-13-12-31-2)23-17-34-25-9-6-20(14-22(23)25)16-33-26-10-7-19(15-28-26)8-11-27(29)30/h3-7,9-10,14-15,17H,8,11-13,16H2,1-2H3,(H,29,30). The van der Waals surface area contributed by atoms with Gasteiger partial charge in [0.1, 0.15) is 19.0 Å². The first-order valence-electron chi connectivity index (χ1n) is 11.1. The van der Waals surface area contributed by atoms with Gasteiger partial charge < -0.3 is 19.3 Å². The summed E-state index contributed by atoms with van der Waals surface area (Å²) in [6.45, 7) is 3.54. The van der Waals surface area contributed by atoms with Gasteiger partial charge in [0.2, 0.25) is 5.88 Å². The van der Waals surface area contributed by atoms with E-state index < -0.39 is 5.97 Å². The largest absolute Gasteiger partial charge is 0.491 e. The van der Waals surface area contributed by atoms with Crippen molar-refractivity contribution < 1.29 is 24.1 Å².